The van der Waals surface area contributed by atoms with Gasteiger partial charge in [0.2, 0.25) is 10.0 Å². The standard InChI is InChI=1S/C15H27NO5S/c1-12(10-21-14-6-2-3-7-14)11-22(19,20)16-8-4-5-13(9-16)15(17)18/h12-14H,2-11H2,1H3,(H,17,18). The van der Waals surface area contributed by atoms with Gasteiger partial charge in [-0.3, -0.25) is 4.79 Å². The number of sulfonamides is 1. The van der Waals surface area contributed by atoms with Crippen molar-refractivity contribution in [1.29, 1.82) is 0 Å². The first-order valence-corrected chi connectivity index (χ1v) is 9.81. The largest absolute Gasteiger partial charge is 0.481 e. The summed E-state index contributed by atoms with van der Waals surface area (Å²) in [6.07, 6.45) is 6.00. The molecule has 0 radical (unpaired) electrons. The minimum absolute atomic E-state index is 0.0338. The summed E-state index contributed by atoms with van der Waals surface area (Å²) in [7, 11) is -3.40. The van der Waals surface area contributed by atoms with Crippen LogP contribution in [-0.2, 0) is 19.6 Å². The Kier molecular flexibility index (Phi) is 6.23. The molecule has 2 aliphatic rings. The first-order valence-electron chi connectivity index (χ1n) is 8.20. The van der Waals surface area contributed by atoms with E-state index in [1.165, 1.54) is 17.1 Å². The molecular formula is C15H27NO5S. The molecule has 2 fully saturated rings. The highest BCUT2D eigenvalue weighted by atomic mass is 32.2. The van der Waals surface area contributed by atoms with Gasteiger partial charge >= 0.3 is 5.97 Å². The Morgan fingerprint density at radius 2 is 1.95 bits per heavy atom. The second-order valence-corrected chi connectivity index (χ2v) is 8.67. The number of nitrogens with zero attached hydrogens (tertiary/aromatic N) is 1. The maximum Gasteiger partial charge on any atom is 0.307 e. The van der Waals surface area contributed by atoms with E-state index in [2.05, 4.69) is 0 Å². The second kappa shape index (κ2) is 7.75. The molecule has 1 N–H and O–H groups in total. The van der Waals surface area contributed by atoms with Gasteiger partial charge in [0.05, 0.1) is 24.4 Å². The van der Waals surface area contributed by atoms with E-state index in [9.17, 15) is 13.2 Å². The average molecular weight is 333 g/mol. The van der Waals surface area contributed by atoms with Crippen LogP contribution in [0.3, 0.4) is 0 Å². The number of carbonyl (C=O) groups is 1. The number of ether oxygens (including phenoxy) is 1. The van der Waals surface area contributed by atoms with Crippen molar-refractivity contribution in [2.24, 2.45) is 11.8 Å². The number of rotatable bonds is 7. The lowest BCUT2D eigenvalue weighted by Gasteiger charge is -2.30. The number of carboxylic acid groups (broad SMARTS) is 1. The zero-order chi connectivity index (χ0) is 16.2. The lowest BCUT2D eigenvalue weighted by atomic mass is 10.0. The Balaban J connectivity index is 1.82. The summed E-state index contributed by atoms with van der Waals surface area (Å²) in [5.74, 6) is -1.52. The van der Waals surface area contributed by atoms with Crippen LogP contribution in [0, 0.1) is 11.8 Å². The van der Waals surface area contributed by atoms with E-state index in [0.717, 1.165) is 12.8 Å². The van der Waals surface area contributed by atoms with E-state index in [0.29, 0.717) is 26.0 Å². The molecule has 1 saturated heterocycles. The minimum Gasteiger partial charge on any atom is -0.481 e. The van der Waals surface area contributed by atoms with Crippen LogP contribution in [0.25, 0.3) is 0 Å². The van der Waals surface area contributed by atoms with Crippen molar-refractivity contribution in [3.63, 3.8) is 0 Å². The van der Waals surface area contributed by atoms with Crippen molar-refractivity contribution in [2.45, 2.75) is 51.6 Å². The Bertz CT molecular complexity index is 472. The molecule has 1 aliphatic carbocycles. The molecule has 128 valence electrons. The zero-order valence-corrected chi connectivity index (χ0v) is 14.1. The van der Waals surface area contributed by atoms with Crippen LogP contribution in [0.4, 0.5) is 0 Å². The minimum atomic E-state index is -3.40. The average Bonchev–Trinajstić information content (AvgIpc) is 2.98. The molecule has 0 aromatic carbocycles. The van der Waals surface area contributed by atoms with Crippen LogP contribution >= 0.6 is 0 Å². The topological polar surface area (TPSA) is 83.9 Å². The van der Waals surface area contributed by atoms with Crippen molar-refractivity contribution < 1.29 is 23.1 Å². The van der Waals surface area contributed by atoms with E-state index >= 15 is 0 Å². The van der Waals surface area contributed by atoms with Crippen molar-refractivity contribution in [3.05, 3.63) is 0 Å². The van der Waals surface area contributed by atoms with Gasteiger partial charge in [-0.05, 0) is 31.6 Å². The molecule has 1 saturated carbocycles. The molecule has 6 nitrogen and oxygen atoms in total. The summed E-state index contributed by atoms with van der Waals surface area (Å²) in [6, 6.07) is 0. The Morgan fingerprint density at radius 1 is 1.27 bits per heavy atom. The number of piperidine rings is 1. The van der Waals surface area contributed by atoms with Gasteiger partial charge in [0, 0.05) is 13.1 Å². The van der Waals surface area contributed by atoms with Gasteiger partial charge in [0.25, 0.3) is 0 Å². The quantitative estimate of drug-likeness (QED) is 0.767. The molecule has 22 heavy (non-hydrogen) atoms. The number of hydrogen-bond acceptors (Lipinski definition) is 4. The lowest BCUT2D eigenvalue weighted by molar-refractivity contribution is -0.142. The van der Waals surface area contributed by atoms with Crippen molar-refractivity contribution in [1.82, 2.24) is 4.31 Å². The summed E-state index contributed by atoms with van der Waals surface area (Å²) in [6.45, 7) is 2.88. The third kappa shape index (κ3) is 4.93. The molecule has 0 amide bonds. The van der Waals surface area contributed by atoms with Gasteiger partial charge in [-0.15, -0.1) is 0 Å². The second-order valence-electron chi connectivity index (χ2n) is 6.66. The van der Waals surface area contributed by atoms with E-state index in [1.54, 1.807) is 0 Å². The van der Waals surface area contributed by atoms with Gasteiger partial charge in [0.1, 0.15) is 0 Å². The molecule has 2 unspecified atom stereocenters. The Hall–Kier alpha value is -0.660. The maximum atomic E-state index is 12.4. The fraction of sp³-hybridized carbons (Fsp3) is 0.933. The molecule has 1 heterocycles. The lowest BCUT2D eigenvalue weighted by Crippen LogP contribution is -2.44. The SMILES string of the molecule is CC(COC1CCCC1)CS(=O)(=O)N1CCCC(C(=O)O)C1. The number of hydrogen-bond donors (Lipinski definition) is 1. The number of carboxylic acids is 1. The smallest absolute Gasteiger partial charge is 0.307 e. The maximum absolute atomic E-state index is 12.4. The summed E-state index contributed by atoms with van der Waals surface area (Å²) in [5, 5.41) is 9.07. The van der Waals surface area contributed by atoms with E-state index in [-0.39, 0.29) is 24.3 Å². The highest BCUT2D eigenvalue weighted by Gasteiger charge is 2.33. The van der Waals surface area contributed by atoms with Gasteiger partial charge in [-0.2, -0.15) is 0 Å². The third-order valence-electron chi connectivity index (χ3n) is 4.54. The van der Waals surface area contributed by atoms with Crippen molar-refractivity contribution in [3.8, 4) is 0 Å². The van der Waals surface area contributed by atoms with Crippen LogP contribution in [0.15, 0.2) is 0 Å². The molecule has 0 aromatic rings. The third-order valence-corrected chi connectivity index (χ3v) is 6.65. The predicted octanol–water partition coefficient (Wildman–Crippen LogP) is 1.71. The van der Waals surface area contributed by atoms with Gasteiger partial charge in [-0.1, -0.05) is 19.8 Å². The van der Waals surface area contributed by atoms with E-state index in [1.807, 2.05) is 6.92 Å². The Labute approximate surface area is 132 Å². The highest BCUT2D eigenvalue weighted by Crippen LogP contribution is 2.23. The molecule has 0 bridgehead atoms. The first-order chi connectivity index (χ1) is 10.4. The van der Waals surface area contributed by atoms with Crippen LogP contribution in [0.1, 0.15) is 45.4 Å². The first kappa shape index (κ1) is 17.7. The predicted molar refractivity (Wildman–Crippen MR) is 83.1 cm³/mol. The highest BCUT2D eigenvalue weighted by molar-refractivity contribution is 7.89. The van der Waals surface area contributed by atoms with Gasteiger partial charge in [0.15, 0.2) is 0 Å². The molecule has 2 rings (SSSR count). The fourth-order valence-electron chi connectivity index (χ4n) is 3.27. The van der Waals surface area contributed by atoms with Gasteiger partial charge < -0.3 is 9.84 Å². The summed E-state index contributed by atoms with van der Waals surface area (Å²) in [5.41, 5.74) is 0. The zero-order valence-electron chi connectivity index (χ0n) is 13.2. The van der Waals surface area contributed by atoms with Crippen LogP contribution in [0.2, 0.25) is 0 Å². The molecule has 0 spiro atoms. The summed E-state index contributed by atoms with van der Waals surface area (Å²) >= 11 is 0. The molecule has 0 aromatic heterocycles. The van der Waals surface area contributed by atoms with E-state index < -0.39 is 21.9 Å². The summed E-state index contributed by atoms with van der Waals surface area (Å²) < 4.78 is 32.0. The molecular weight excluding hydrogens is 306 g/mol. The Morgan fingerprint density at radius 3 is 2.59 bits per heavy atom. The monoisotopic (exact) mass is 333 g/mol. The van der Waals surface area contributed by atoms with Crippen LogP contribution < -0.4 is 0 Å². The van der Waals surface area contributed by atoms with Crippen molar-refractivity contribution >= 4 is 16.0 Å². The summed E-state index contributed by atoms with van der Waals surface area (Å²) in [4.78, 5) is 11.1. The molecule has 2 atom stereocenters. The molecule has 7 heteroatoms. The van der Waals surface area contributed by atoms with Crippen LogP contribution in [0.5, 0.6) is 0 Å². The van der Waals surface area contributed by atoms with Crippen molar-refractivity contribution in [2.75, 3.05) is 25.4 Å². The van der Waals surface area contributed by atoms with Crippen LogP contribution in [-0.4, -0.2) is 55.4 Å². The number of aliphatic carboxylic acids is 1. The fourth-order valence-corrected chi connectivity index (χ4v) is 5.11. The van der Waals surface area contributed by atoms with E-state index in [4.69, 9.17) is 9.84 Å². The normalized spacial score (nSPS) is 26.1. The molecule has 1 aliphatic heterocycles. The van der Waals surface area contributed by atoms with Gasteiger partial charge in [-0.25, -0.2) is 12.7 Å².